The molecule has 1 fully saturated rings. The van der Waals surface area contributed by atoms with Crippen LogP contribution < -0.4 is 10.6 Å². The van der Waals surface area contributed by atoms with Gasteiger partial charge >= 0.3 is 6.03 Å². The van der Waals surface area contributed by atoms with Crippen molar-refractivity contribution < 1.29 is 4.79 Å². The van der Waals surface area contributed by atoms with E-state index in [1.807, 2.05) is 11.8 Å². The molecule has 0 aromatic rings. The smallest absolute Gasteiger partial charge is 0.315 e. The summed E-state index contributed by atoms with van der Waals surface area (Å²) in [5.74, 6) is 4.64. The molecule has 13 heavy (non-hydrogen) atoms. The Labute approximate surface area is 83.0 Å². The molecule has 1 aliphatic rings. The Balaban J connectivity index is 2.15. The minimum Gasteiger partial charge on any atom is -0.335 e. The van der Waals surface area contributed by atoms with Gasteiger partial charge in [0, 0.05) is 6.04 Å². The quantitative estimate of drug-likeness (QED) is 0.645. The van der Waals surface area contributed by atoms with Gasteiger partial charge in [0.25, 0.3) is 0 Å². The molecule has 2 amide bonds. The topological polar surface area (TPSA) is 41.1 Å². The highest BCUT2D eigenvalue weighted by Gasteiger charge is 2.14. The molecule has 0 unspecified atom stereocenters. The van der Waals surface area contributed by atoms with Crippen molar-refractivity contribution in [2.45, 2.75) is 18.9 Å². The van der Waals surface area contributed by atoms with Crippen molar-refractivity contribution in [1.29, 1.82) is 0 Å². The molecule has 1 heterocycles. The Morgan fingerprint density at radius 3 is 2.85 bits per heavy atom. The average Bonchev–Trinajstić information content (AvgIpc) is 2.16. The molecule has 1 aliphatic heterocycles. The van der Waals surface area contributed by atoms with Crippen molar-refractivity contribution in [3.05, 3.63) is 0 Å². The van der Waals surface area contributed by atoms with E-state index in [-0.39, 0.29) is 6.03 Å². The summed E-state index contributed by atoms with van der Waals surface area (Å²) >= 11 is 1.94. The minimum atomic E-state index is -0.144. The van der Waals surface area contributed by atoms with Gasteiger partial charge < -0.3 is 10.6 Å². The highest BCUT2D eigenvalue weighted by molar-refractivity contribution is 7.99. The molecule has 0 bridgehead atoms. The van der Waals surface area contributed by atoms with Crippen LogP contribution in [0.2, 0.25) is 0 Å². The van der Waals surface area contributed by atoms with Gasteiger partial charge in [0.05, 0.1) is 6.54 Å². The molecule has 0 aliphatic carbocycles. The first-order chi connectivity index (χ1) is 6.33. The summed E-state index contributed by atoms with van der Waals surface area (Å²) in [6, 6.07) is 0.189. The number of hydrogen-bond acceptors (Lipinski definition) is 2. The predicted octanol–water partition coefficient (Wildman–Crippen LogP) is 0.814. The lowest BCUT2D eigenvalue weighted by Gasteiger charge is -2.22. The number of urea groups is 1. The molecule has 72 valence electrons. The first kappa shape index (κ1) is 10.3. The number of amides is 2. The third-order valence-electron chi connectivity index (χ3n) is 1.91. The summed E-state index contributed by atoms with van der Waals surface area (Å²) in [5, 5.41) is 5.48. The van der Waals surface area contributed by atoms with Crippen LogP contribution >= 0.6 is 11.8 Å². The first-order valence-electron chi connectivity index (χ1n) is 4.38. The van der Waals surface area contributed by atoms with Crippen molar-refractivity contribution in [1.82, 2.24) is 10.6 Å². The van der Waals surface area contributed by atoms with Gasteiger partial charge in [-0.1, -0.05) is 5.92 Å². The van der Waals surface area contributed by atoms with E-state index in [2.05, 4.69) is 16.6 Å². The Bertz CT molecular complexity index is 206. The van der Waals surface area contributed by atoms with E-state index in [9.17, 15) is 4.79 Å². The molecule has 1 rings (SSSR count). The molecule has 0 spiro atoms. The minimum absolute atomic E-state index is 0.144. The van der Waals surface area contributed by atoms with Crippen LogP contribution in [-0.4, -0.2) is 30.1 Å². The van der Waals surface area contributed by atoms with Crippen LogP contribution in [0.15, 0.2) is 0 Å². The fourth-order valence-corrected chi connectivity index (χ4v) is 2.32. The Morgan fingerprint density at radius 2 is 2.23 bits per heavy atom. The number of carbonyl (C=O) groups is 1. The predicted molar refractivity (Wildman–Crippen MR) is 55.7 cm³/mol. The number of nitrogens with one attached hydrogen (secondary N) is 2. The lowest BCUT2D eigenvalue weighted by atomic mass is 10.2. The molecular formula is C9H14N2OS. The maximum atomic E-state index is 11.1. The molecule has 0 aromatic carbocycles. The van der Waals surface area contributed by atoms with Gasteiger partial charge in [-0.05, 0) is 24.3 Å². The van der Waals surface area contributed by atoms with Gasteiger partial charge in [-0.25, -0.2) is 4.79 Å². The summed E-state index contributed by atoms with van der Waals surface area (Å²) in [7, 11) is 0. The highest BCUT2D eigenvalue weighted by Crippen LogP contribution is 2.16. The SMILES string of the molecule is C#CCNC(=O)NC1CCSCC1. The Hall–Kier alpha value is -0.820. The number of terminal acetylenes is 1. The largest absolute Gasteiger partial charge is 0.335 e. The zero-order valence-corrected chi connectivity index (χ0v) is 8.32. The van der Waals surface area contributed by atoms with Gasteiger partial charge in [-0.3, -0.25) is 0 Å². The van der Waals surface area contributed by atoms with Gasteiger partial charge in [-0.2, -0.15) is 11.8 Å². The molecular weight excluding hydrogens is 184 g/mol. The summed E-state index contributed by atoms with van der Waals surface area (Å²) in [4.78, 5) is 11.1. The molecule has 4 heteroatoms. The van der Waals surface area contributed by atoms with E-state index in [1.165, 1.54) is 0 Å². The van der Waals surface area contributed by atoms with E-state index in [4.69, 9.17) is 6.42 Å². The van der Waals surface area contributed by atoms with Gasteiger partial charge in [0.15, 0.2) is 0 Å². The monoisotopic (exact) mass is 198 g/mol. The number of carbonyl (C=O) groups excluding carboxylic acids is 1. The lowest BCUT2D eigenvalue weighted by Crippen LogP contribution is -2.43. The van der Waals surface area contributed by atoms with Gasteiger partial charge in [0.1, 0.15) is 0 Å². The summed E-state index contributed by atoms with van der Waals surface area (Å²) in [6.07, 6.45) is 7.14. The van der Waals surface area contributed by atoms with E-state index < -0.39 is 0 Å². The lowest BCUT2D eigenvalue weighted by molar-refractivity contribution is 0.237. The Morgan fingerprint density at radius 1 is 1.54 bits per heavy atom. The number of thioether (sulfide) groups is 1. The summed E-state index contributed by atoms with van der Waals surface area (Å²) < 4.78 is 0. The summed E-state index contributed by atoms with van der Waals surface area (Å²) in [6.45, 7) is 0.299. The second kappa shape index (κ2) is 5.76. The zero-order chi connectivity index (χ0) is 9.52. The number of hydrogen-bond donors (Lipinski definition) is 2. The maximum Gasteiger partial charge on any atom is 0.315 e. The van der Waals surface area contributed by atoms with E-state index in [0.717, 1.165) is 24.3 Å². The van der Waals surface area contributed by atoms with Crippen molar-refractivity contribution in [2.75, 3.05) is 18.1 Å². The van der Waals surface area contributed by atoms with Gasteiger partial charge in [-0.15, -0.1) is 6.42 Å². The van der Waals surface area contributed by atoms with Crippen LogP contribution in [0, 0.1) is 12.3 Å². The zero-order valence-electron chi connectivity index (χ0n) is 7.51. The standard InChI is InChI=1S/C9H14N2OS/c1-2-5-10-9(12)11-8-3-6-13-7-4-8/h1,8H,3-7H2,(H2,10,11,12). The van der Waals surface area contributed by atoms with Crippen molar-refractivity contribution in [3.63, 3.8) is 0 Å². The van der Waals surface area contributed by atoms with E-state index in [0.29, 0.717) is 12.6 Å². The van der Waals surface area contributed by atoms with Crippen LogP contribution in [0.25, 0.3) is 0 Å². The van der Waals surface area contributed by atoms with Crippen molar-refractivity contribution in [2.24, 2.45) is 0 Å². The highest BCUT2D eigenvalue weighted by atomic mass is 32.2. The Kier molecular flexibility index (Phi) is 4.55. The van der Waals surface area contributed by atoms with E-state index >= 15 is 0 Å². The van der Waals surface area contributed by atoms with Gasteiger partial charge in [0.2, 0.25) is 0 Å². The fraction of sp³-hybridized carbons (Fsp3) is 0.667. The normalized spacial score (nSPS) is 17.5. The van der Waals surface area contributed by atoms with Crippen LogP contribution in [-0.2, 0) is 0 Å². The third kappa shape index (κ3) is 4.09. The first-order valence-corrected chi connectivity index (χ1v) is 5.54. The summed E-state index contributed by atoms with van der Waals surface area (Å²) in [5.41, 5.74) is 0. The molecule has 3 nitrogen and oxygen atoms in total. The maximum absolute atomic E-state index is 11.1. The van der Waals surface area contributed by atoms with Crippen LogP contribution in [0.5, 0.6) is 0 Å². The van der Waals surface area contributed by atoms with E-state index in [1.54, 1.807) is 0 Å². The molecule has 0 aromatic heterocycles. The molecule has 0 radical (unpaired) electrons. The van der Waals surface area contributed by atoms with Crippen LogP contribution in [0.1, 0.15) is 12.8 Å². The molecule has 2 N–H and O–H groups in total. The molecule has 1 saturated heterocycles. The van der Waals surface area contributed by atoms with Crippen molar-refractivity contribution >= 4 is 17.8 Å². The number of rotatable bonds is 2. The molecule has 0 atom stereocenters. The van der Waals surface area contributed by atoms with Crippen molar-refractivity contribution in [3.8, 4) is 12.3 Å². The average molecular weight is 198 g/mol. The van der Waals surface area contributed by atoms with Crippen LogP contribution in [0.4, 0.5) is 4.79 Å². The second-order valence-corrected chi connectivity index (χ2v) is 4.14. The second-order valence-electron chi connectivity index (χ2n) is 2.92. The third-order valence-corrected chi connectivity index (χ3v) is 2.96. The molecule has 0 saturated carbocycles. The van der Waals surface area contributed by atoms with Crippen LogP contribution in [0.3, 0.4) is 0 Å². The fourth-order valence-electron chi connectivity index (χ4n) is 1.21.